The van der Waals surface area contributed by atoms with Gasteiger partial charge in [-0.25, -0.2) is 0 Å². The number of nitrogens with one attached hydrogen (secondary N) is 1. The number of likely N-dealkylation sites (N-methyl/N-ethyl adjacent to an activating group) is 2. The molecule has 0 radical (unpaired) electrons. The minimum Gasteiger partial charge on any atom is -0.497 e. The lowest BCUT2D eigenvalue weighted by Crippen LogP contribution is -2.34. The van der Waals surface area contributed by atoms with E-state index in [1.807, 2.05) is 31.2 Å². The topological polar surface area (TPSA) is 24.5 Å². The number of ether oxygens (including phenoxy) is 1. The van der Waals surface area contributed by atoms with Gasteiger partial charge in [0.05, 0.1) is 13.5 Å². The first-order valence-electron chi connectivity index (χ1n) is 6.98. The van der Waals surface area contributed by atoms with Gasteiger partial charge in [0.15, 0.2) is 0 Å². The van der Waals surface area contributed by atoms with Crippen LogP contribution in [-0.2, 0) is 0 Å². The molecule has 0 heterocycles. The van der Waals surface area contributed by atoms with Crippen molar-refractivity contribution in [2.75, 3.05) is 33.8 Å². The van der Waals surface area contributed by atoms with E-state index >= 15 is 0 Å². The highest BCUT2D eigenvalue weighted by atomic mass is 19.4. The van der Waals surface area contributed by atoms with Gasteiger partial charge in [0.1, 0.15) is 5.75 Å². The molecule has 120 valence electrons. The zero-order valence-corrected chi connectivity index (χ0v) is 12.7. The molecule has 0 aliphatic rings. The fourth-order valence-corrected chi connectivity index (χ4v) is 2.09. The van der Waals surface area contributed by atoms with Crippen LogP contribution in [-0.4, -0.2) is 44.9 Å². The van der Waals surface area contributed by atoms with Crippen molar-refractivity contribution in [3.05, 3.63) is 29.8 Å². The number of hydrogen-bond donors (Lipinski definition) is 1. The highest BCUT2D eigenvalue weighted by Gasteiger charge is 2.27. The summed E-state index contributed by atoms with van der Waals surface area (Å²) < 4.78 is 41.9. The number of hydrogen-bond acceptors (Lipinski definition) is 3. The minimum absolute atomic E-state index is 0.000796. The van der Waals surface area contributed by atoms with Gasteiger partial charge >= 0.3 is 6.18 Å². The van der Waals surface area contributed by atoms with Crippen LogP contribution >= 0.6 is 0 Å². The molecule has 0 aliphatic carbocycles. The standard InChI is InChI=1S/C15H23F3N2O/c1-4-19-14(11-20(2)10-9-15(16,17)18)12-5-7-13(21-3)8-6-12/h5-8,14,19H,4,9-11H2,1-3H3. The first-order valence-corrected chi connectivity index (χ1v) is 6.98. The van der Waals surface area contributed by atoms with E-state index in [1.165, 1.54) is 0 Å². The molecule has 1 aromatic carbocycles. The van der Waals surface area contributed by atoms with Crippen LogP contribution in [0.15, 0.2) is 24.3 Å². The average Bonchev–Trinajstić information content (AvgIpc) is 2.44. The van der Waals surface area contributed by atoms with E-state index in [4.69, 9.17) is 4.74 Å². The Morgan fingerprint density at radius 2 is 1.86 bits per heavy atom. The highest BCUT2D eigenvalue weighted by molar-refractivity contribution is 5.29. The van der Waals surface area contributed by atoms with E-state index in [1.54, 1.807) is 19.1 Å². The van der Waals surface area contributed by atoms with Crippen molar-refractivity contribution in [2.24, 2.45) is 0 Å². The van der Waals surface area contributed by atoms with Crippen molar-refractivity contribution in [2.45, 2.75) is 25.6 Å². The third kappa shape index (κ3) is 6.82. The first-order chi connectivity index (χ1) is 9.85. The molecular formula is C15H23F3N2O. The summed E-state index contributed by atoms with van der Waals surface area (Å²) in [6.07, 6.45) is -4.90. The molecule has 1 atom stereocenters. The van der Waals surface area contributed by atoms with Gasteiger partial charge in [-0.1, -0.05) is 19.1 Å². The molecule has 0 aromatic heterocycles. The van der Waals surface area contributed by atoms with Gasteiger partial charge in [-0.15, -0.1) is 0 Å². The maximum Gasteiger partial charge on any atom is 0.390 e. The van der Waals surface area contributed by atoms with E-state index in [0.29, 0.717) is 6.54 Å². The van der Waals surface area contributed by atoms with Gasteiger partial charge in [-0.3, -0.25) is 0 Å². The molecule has 0 saturated heterocycles. The molecule has 0 bridgehead atoms. The Morgan fingerprint density at radius 1 is 1.24 bits per heavy atom. The summed E-state index contributed by atoms with van der Waals surface area (Å²) in [5.74, 6) is 0.763. The summed E-state index contributed by atoms with van der Waals surface area (Å²) in [7, 11) is 3.31. The van der Waals surface area contributed by atoms with E-state index in [2.05, 4.69) is 5.32 Å². The molecule has 0 aliphatic heterocycles. The van der Waals surface area contributed by atoms with Crippen LogP contribution in [0.25, 0.3) is 0 Å². The number of rotatable bonds is 8. The Morgan fingerprint density at radius 3 is 2.33 bits per heavy atom. The van der Waals surface area contributed by atoms with Gasteiger partial charge in [0, 0.05) is 19.1 Å². The largest absolute Gasteiger partial charge is 0.497 e. The van der Waals surface area contributed by atoms with Gasteiger partial charge in [0.25, 0.3) is 0 Å². The van der Waals surface area contributed by atoms with Gasteiger partial charge in [-0.2, -0.15) is 13.2 Å². The Balaban J connectivity index is 2.63. The average molecular weight is 304 g/mol. The summed E-state index contributed by atoms with van der Waals surface area (Å²) in [5, 5.41) is 3.30. The highest BCUT2D eigenvalue weighted by Crippen LogP contribution is 2.21. The molecule has 6 heteroatoms. The molecule has 3 nitrogen and oxygen atoms in total. The minimum atomic E-state index is -4.11. The summed E-state index contributed by atoms with van der Waals surface area (Å²) in [5.41, 5.74) is 1.04. The van der Waals surface area contributed by atoms with Crippen molar-refractivity contribution < 1.29 is 17.9 Å². The van der Waals surface area contributed by atoms with Crippen LogP contribution in [0.5, 0.6) is 5.75 Å². The number of benzene rings is 1. The lowest BCUT2D eigenvalue weighted by Gasteiger charge is -2.25. The third-order valence-corrected chi connectivity index (χ3v) is 3.24. The molecule has 1 N–H and O–H groups in total. The predicted octanol–water partition coefficient (Wildman–Crippen LogP) is 3.23. The van der Waals surface area contributed by atoms with E-state index < -0.39 is 12.6 Å². The number of alkyl halides is 3. The van der Waals surface area contributed by atoms with Crippen molar-refractivity contribution in [3.63, 3.8) is 0 Å². The molecule has 0 amide bonds. The van der Waals surface area contributed by atoms with Crippen molar-refractivity contribution >= 4 is 0 Å². The summed E-state index contributed by atoms with van der Waals surface area (Å²) in [6.45, 7) is 3.26. The fraction of sp³-hybridized carbons (Fsp3) is 0.600. The molecule has 0 fully saturated rings. The quantitative estimate of drug-likeness (QED) is 0.798. The smallest absolute Gasteiger partial charge is 0.390 e. The molecule has 1 rings (SSSR count). The first kappa shape index (κ1) is 17.8. The van der Waals surface area contributed by atoms with Crippen molar-refractivity contribution in [3.8, 4) is 5.75 Å². The third-order valence-electron chi connectivity index (χ3n) is 3.24. The molecule has 0 saturated carbocycles. The van der Waals surface area contributed by atoms with E-state index in [0.717, 1.165) is 17.9 Å². The fourth-order valence-electron chi connectivity index (χ4n) is 2.09. The summed E-state index contributed by atoms with van der Waals surface area (Å²) >= 11 is 0. The maximum atomic E-state index is 12.3. The zero-order chi connectivity index (χ0) is 15.9. The Labute approximate surface area is 124 Å². The van der Waals surface area contributed by atoms with Gasteiger partial charge in [-0.05, 0) is 31.3 Å². The van der Waals surface area contributed by atoms with Crippen molar-refractivity contribution in [1.29, 1.82) is 0 Å². The number of methoxy groups -OCH3 is 1. The monoisotopic (exact) mass is 304 g/mol. The second-order valence-corrected chi connectivity index (χ2v) is 5.01. The van der Waals surface area contributed by atoms with Crippen LogP contribution < -0.4 is 10.1 Å². The van der Waals surface area contributed by atoms with Crippen LogP contribution in [0, 0.1) is 0 Å². The lowest BCUT2D eigenvalue weighted by atomic mass is 10.1. The summed E-state index contributed by atoms with van der Waals surface area (Å²) in [6, 6.07) is 7.58. The second kappa shape index (κ2) is 8.24. The van der Waals surface area contributed by atoms with Crippen LogP contribution in [0.3, 0.4) is 0 Å². The molecular weight excluding hydrogens is 281 g/mol. The van der Waals surface area contributed by atoms with Gasteiger partial charge < -0.3 is 15.0 Å². The Hall–Kier alpha value is -1.27. The van der Waals surface area contributed by atoms with Crippen LogP contribution in [0.2, 0.25) is 0 Å². The van der Waals surface area contributed by atoms with Gasteiger partial charge in [0.2, 0.25) is 0 Å². The molecule has 0 spiro atoms. The summed E-state index contributed by atoms with van der Waals surface area (Å²) in [4.78, 5) is 1.70. The predicted molar refractivity (Wildman–Crippen MR) is 77.6 cm³/mol. The SMILES string of the molecule is CCNC(CN(C)CCC(F)(F)F)c1ccc(OC)cc1. The van der Waals surface area contributed by atoms with Crippen LogP contribution in [0.1, 0.15) is 24.9 Å². The Bertz CT molecular complexity index is 406. The molecule has 21 heavy (non-hydrogen) atoms. The van der Waals surface area contributed by atoms with E-state index in [-0.39, 0.29) is 12.6 Å². The number of nitrogens with zero attached hydrogens (tertiary/aromatic N) is 1. The normalized spacial score (nSPS) is 13.5. The number of halogens is 3. The molecule has 1 aromatic rings. The van der Waals surface area contributed by atoms with Crippen LogP contribution in [0.4, 0.5) is 13.2 Å². The lowest BCUT2D eigenvalue weighted by molar-refractivity contribution is -0.137. The molecule has 1 unspecified atom stereocenters. The maximum absolute atomic E-state index is 12.3. The van der Waals surface area contributed by atoms with E-state index in [9.17, 15) is 13.2 Å². The second-order valence-electron chi connectivity index (χ2n) is 5.01. The van der Waals surface area contributed by atoms with Crippen molar-refractivity contribution in [1.82, 2.24) is 10.2 Å². The Kier molecular flexibility index (Phi) is 6.98. The zero-order valence-electron chi connectivity index (χ0n) is 12.7.